The molecule has 0 aromatic carbocycles. The lowest BCUT2D eigenvalue weighted by molar-refractivity contribution is 0.0733. The summed E-state index contributed by atoms with van der Waals surface area (Å²) < 4.78 is 6.14. The fourth-order valence-corrected chi connectivity index (χ4v) is 2.73. The molecule has 0 rings (SSSR count). The molecular formula is C12H28O3Si. The van der Waals surface area contributed by atoms with Gasteiger partial charge in [0.2, 0.25) is 0 Å². The number of hydrogen-bond acceptors (Lipinski definition) is 3. The Kier molecular flexibility index (Phi) is 6.18. The van der Waals surface area contributed by atoms with Crippen molar-refractivity contribution in [1.82, 2.24) is 0 Å². The molecule has 0 aliphatic carbocycles. The highest BCUT2D eigenvalue weighted by molar-refractivity contribution is 6.74. The maximum atomic E-state index is 9.27. The van der Waals surface area contributed by atoms with Crippen LogP contribution in [-0.2, 0) is 4.43 Å². The zero-order valence-electron chi connectivity index (χ0n) is 11.6. The molecule has 0 saturated heterocycles. The van der Waals surface area contributed by atoms with Crippen molar-refractivity contribution >= 4 is 8.32 Å². The maximum Gasteiger partial charge on any atom is 0.192 e. The summed E-state index contributed by atoms with van der Waals surface area (Å²) in [5.74, 6) is 0. The second-order valence-corrected chi connectivity index (χ2v) is 10.9. The van der Waals surface area contributed by atoms with E-state index < -0.39 is 14.4 Å². The Hall–Kier alpha value is 0.0969. The van der Waals surface area contributed by atoms with Crippen LogP contribution in [0.5, 0.6) is 0 Å². The Balaban J connectivity index is 4.09. The van der Waals surface area contributed by atoms with Crippen LogP contribution >= 0.6 is 0 Å². The summed E-state index contributed by atoms with van der Waals surface area (Å²) in [6.45, 7) is 13.0. The molecule has 0 heterocycles. The smallest absolute Gasteiger partial charge is 0.192 e. The van der Waals surface area contributed by atoms with E-state index in [1.54, 1.807) is 0 Å². The third kappa shape index (κ3) is 5.43. The standard InChI is InChI=1S/C12H28O3Si/c1-10(7-8-11(14)9-13)15-16(5,6)12(2,3)4/h10-11,13-14H,7-9H2,1-6H3/t10-,11-/m0/s1. The zero-order chi connectivity index (χ0) is 13.0. The van der Waals surface area contributed by atoms with Gasteiger partial charge in [-0.2, -0.15) is 0 Å². The van der Waals surface area contributed by atoms with E-state index in [1.165, 1.54) is 0 Å². The third-order valence-corrected chi connectivity index (χ3v) is 8.02. The van der Waals surface area contributed by atoms with Crippen LogP contribution in [0.15, 0.2) is 0 Å². The van der Waals surface area contributed by atoms with Crippen molar-refractivity contribution in [1.29, 1.82) is 0 Å². The average molecular weight is 248 g/mol. The summed E-state index contributed by atoms with van der Waals surface area (Å²) in [6.07, 6.45) is 0.952. The van der Waals surface area contributed by atoms with E-state index >= 15 is 0 Å². The van der Waals surface area contributed by atoms with E-state index in [1.807, 2.05) is 6.92 Å². The fraction of sp³-hybridized carbons (Fsp3) is 1.00. The van der Waals surface area contributed by atoms with Crippen LogP contribution in [0.2, 0.25) is 18.1 Å². The minimum Gasteiger partial charge on any atom is -0.414 e. The molecular weight excluding hydrogens is 220 g/mol. The van der Waals surface area contributed by atoms with Crippen LogP contribution in [0.25, 0.3) is 0 Å². The van der Waals surface area contributed by atoms with Crippen LogP contribution in [-0.4, -0.2) is 37.3 Å². The molecule has 0 aromatic heterocycles. The average Bonchev–Trinajstić information content (AvgIpc) is 2.11. The lowest BCUT2D eigenvalue weighted by Gasteiger charge is -2.38. The van der Waals surface area contributed by atoms with Crippen molar-refractivity contribution < 1.29 is 14.6 Å². The number of rotatable bonds is 6. The van der Waals surface area contributed by atoms with Crippen molar-refractivity contribution in [3.05, 3.63) is 0 Å². The largest absolute Gasteiger partial charge is 0.414 e. The van der Waals surface area contributed by atoms with Crippen molar-refractivity contribution in [3.63, 3.8) is 0 Å². The Labute approximate surface area is 101 Å². The number of aliphatic hydroxyl groups excluding tert-OH is 2. The topological polar surface area (TPSA) is 49.7 Å². The molecule has 4 heteroatoms. The first-order valence-electron chi connectivity index (χ1n) is 6.07. The predicted octanol–water partition coefficient (Wildman–Crippen LogP) is 2.53. The third-order valence-electron chi connectivity index (χ3n) is 3.42. The van der Waals surface area contributed by atoms with Gasteiger partial charge in [0, 0.05) is 6.10 Å². The molecule has 0 spiro atoms. The molecule has 0 aliphatic heterocycles. The molecule has 0 amide bonds. The monoisotopic (exact) mass is 248 g/mol. The normalized spacial score (nSPS) is 17.2. The highest BCUT2D eigenvalue weighted by Gasteiger charge is 2.38. The molecule has 2 atom stereocenters. The first-order valence-corrected chi connectivity index (χ1v) is 8.97. The van der Waals surface area contributed by atoms with Gasteiger partial charge >= 0.3 is 0 Å². The van der Waals surface area contributed by atoms with E-state index in [0.717, 1.165) is 6.42 Å². The Morgan fingerprint density at radius 2 is 1.69 bits per heavy atom. The summed E-state index contributed by atoms with van der Waals surface area (Å²) >= 11 is 0. The Morgan fingerprint density at radius 1 is 1.19 bits per heavy atom. The van der Waals surface area contributed by atoms with Crippen LogP contribution < -0.4 is 0 Å². The van der Waals surface area contributed by atoms with Crippen molar-refractivity contribution in [2.45, 2.75) is 70.9 Å². The minimum atomic E-state index is -1.69. The second kappa shape index (κ2) is 6.14. The van der Waals surface area contributed by atoms with Gasteiger partial charge in [-0.1, -0.05) is 20.8 Å². The van der Waals surface area contributed by atoms with E-state index in [0.29, 0.717) is 6.42 Å². The molecule has 0 fully saturated rings. The van der Waals surface area contributed by atoms with Gasteiger partial charge < -0.3 is 14.6 Å². The fourth-order valence-electron chi connectivity index (χ4n) is 1.26. The molecule has 0 aliphatic rings. The Bertz CT molecular complexity index is 199. The first kappa shape index (κ1) is 16.1. The lowest BCUT2D eigenvalue weighted by Crippen LogP contribution is -2.43. The maximum absolute atomic E-state index is 9.27. The highest BCUT2D eigenvalue weighted by atomic mass is 28.4. The van der Waals surface area contributed by atoms with Gasteiger partial charge in [0.1, 0.15) is 0 Å². The number of aliphatic hydroxyl groups is 2. The summed E-state index contributed by atoms with van der Waals surface area (Å²) in [5.41, 5.74) is 0. The SMILES string of the molecule is C[C@@H](CC[C@H](O)CO)O[Si](C)(C)C(C)(C)C. The summed E-state index contributed by atoms with van der Waals surface area (Å²) in [7, 11) is -1.69. The van der Waals surface area contributed by atoms with Crippen molar-refractivity contribution in [3.8, 4) is 0 Å². The van der Waals surface area contributed by atoms with Crippen LogP contribution in [0, 0.1) is 0 Å². The lowest BCUT2D eigenvalue weighted by atomic mass is 10.1. The summed E-state index contributed by atoms with van der Waals surface area (Å²) in [6, 6.07) is 0. The minimum absolute atomic E-state index is 0.155. The van der Waals surface area contributed by atoms with Gasteiger partial charge in [-0.3, -0.25) is 0 Å². The van der Waals surface area contributed by atoms with Gasteiger partial charge in [-0.25, -0.2) is 0 Å². The molecule has 0 aromatic rings. The summed E-state index contributed by atoms with van der Waals surface area (Å²) in [4.78, 5) is 0. The number of hydrogen-bond donors (Lipinski definition) is 2. The van der Waals surface area contributed by atoms with Gasteiger partial charge in [0.15, 0.2) is 8.32 Å². The zero-order valence-corrected chi connectivity index (χ0v) is 12.6. The van der Waals surface area contributed by atoms with Gasteiger partial charge in [-0.05, 0) is 37.9 Å². The van der Waals surface area contributed by atoms with E-state index in [-0.39, 0.29) is 17.7 Å². The molecule has 2 N–H and O–H groups in total. The highest BCUT2D eigenvalue weighted by Crippen LogP contribution is 2.37. The van der Waals surface area contributed by atoms with Gasteiger partial charge in [-0.15, -0.1) is 0 Å². The molecule has 3 nitrogen and oxygen atoms in total. The molecule has 98 valence electrons. The van der Waals surface area contributed by atoms with E-state index in [9.17, 15) is 5.11 Å². The molecule has 0 unspecified atom stereocenters. The van der Waals surface area contributed by atoms with Crippen LogP contribution in [0.3, 0.4) is 0 Å². The molecule has 0 radical (unpaired) electrons. The van der Waals surface area contributed by atoms with Crippen LogP contribution in [0.4, 0.5) is 0 Å². The second-order valence-electron chi connectivity index (χ2n) is 6.10. The Morgan fingerprint density at radius 3 is 2.06 bits per heavy atom. The van der Waals surface area contributed by atoms with Crippen molar-refractivity contribution in [2.24, 2.45) is 0 Å². The van der Waals surface area contributed by atoms with Gasteiger partial charge in [0.05, 0.1) is 12.7 Å². The summed E-state index contributed by atoms with van der Waals surface area (Å²) in [5, 5.41) is 18.2. The first-order chi connectivity index (χ1) is 7.10. The van der Waals surface area contributed by atoms with Crippen LogP contribution in [0.1, 0.15) is 40.5 Å². The van der Waals surface area contributed by atoms with Gasteiger partial charge in [0.25, 0.3) is 0 Å². The van der Waals surface area contributed by atoms with E-state index in [2.05, 4.69) is 33.9 Å². The quantitative estimate of drug-likeness (QED) is 0.710. The van der Waals surface area contributed by atoms with E-state index in [4.69, 9.17) is 9.53 Å². The molecule has 0 bridgehead atoms. The molecule has 0 saturated carbocycles. The molecule has 16 heavy (non-hydrogen) atoms. The van der Waals surface area contributed by atoms with Crippen molar-refractivity contribution in [2.75, 3.05) is 6.61 Å². The predicted molar refractivity (Wildman–Crippen MR) is 70.1 cm³/mol.